The first kappa shape index (κ1) is 14.5. The minimum absolute atomic E-state index is 0.707. The van der Waals surface area contributed by atoms with Crippen molar-refractivity contribution in [3.63, 3.8) is 0 Å². The molecular weight excluding hydrogens is 328 g/mol. The Morgan fingerprint density at radius 1 is 1.22 bits per heavy atom. The zero-order valence-electron chi connectivity index (χ0n) is 12.6. The predicted octanol–water partition coefficient (Wildman–Crippen LogP) is 5.24. The highest BCUT2D eigenvalue weighted by atomic mass is 35.5. The number of nitrogens with zero attached hydrogens (tertiary/aromatic N) is 1. The van der Waals surface area contributed by atoms with Crippen molar-refractivity contribution < 1.29 is 4.74 Å². The van der Waals surface area contributed by atoms with E-state index in [4.69, 9.17) is 21.3 Å². The fourth-order valence-corrected chi connectivity index (χ4v) is 3.96. The Kier molecular flexibility index (Phi) is 3.71. The van der Waals surface area contributed by atoms with Crippen LogP contribution in [-0.2, 0) is 0 Å². The van der Waals surface area contributed by atoms with Gasteiger partial charge in [0.1, 0.15) is 17.4 Å². The highest BCUT2D eigenvalue weighted by Crippen LogP contribution is 2.38. The van der Waals surface area contributed by atoms with Gasteiger partial charge < -0.3 is 10.1 Å². The molecule has 0 unspecified atom stereocenters. The van der Waals surface area contributed by atoms with Gasteiger partial charge in [0.05, 0.1) is 16.4 Å². The third kappa shape index (κ3) is 2.69. The molecular formula is C18H15ClN2OS. The van der Waals surface area contributed by atoms with Crippen LogP contribution in [0.1, 0.15) is 4.88 Å². The van der Waals surface area contributed by atoms with E-state index in [2.05, 4.69) is 24.4 Å². The molecule has 4 rings (SSSR count). The summed E-state index contributed by atoms with van der Waals surface area (Å²) in [6.45, 7) is 3.63. The smallest absolute Gasteiger partial charge is 0.142 e. The van der Waals surface area contributed by atoms with E-state index in [1.165, 1.54) is 4.88 Å². The molecule has 0 radical (unpaired) electrons. The molecule has 1 aliphatic rings. The molecule has 0 fully saturated rings. The first-order chi connectivity index (χ1) is 11.2. The topological polar surface area (TPSA) is 34.2 Å². The molecule has 0 atom stereocenters. The fraction of sp³-hybridized carbons (Fsp3) is 0.167. The van der Waals surface area contributed by atoms with Gasteiger partial charge in [-0.15, -0.1) is 11.3 Å². The van der Waals surface area contributed by atoms with Gasteiger partial charge in [-0.05, 0) is 31.2 Å². The zero-order valence-corrected chi connectivity index (χ0v) is 14.2. The molecule has 3 nitrogen and oxygen atoms in total. The molecule has 2 heterocycles. The maximum absolute atomic E-state index is 6.30. The number of aryl methyl sites for hydroxylation is 1. The summed E-state index contributed by atoms with van der Waals surface area (Å²) in [7, 11) is 0. The van der Waals surface area contributed by atoms with Crippen LogP contribution in [0.5, 0.6) is 5.75 Å². The van der Waals surface area contributed by atoms with E-state index >= 15 is 0 Å². The largest absolute Gasteiger partial charge is 0.490 e. The summed E-state index contributed by atoms with van der Waals surface area (Å²) in [6.07, 6.45) is 0. The summed E-state index contributed by atoms with van der Waals surface area (Å²) in [5, 5.41) is 5.05. The van der Waals surface area contributed by atoms with Crippen molar-refractivity contribution in [1.82, 2.24) is 4.98 Å². The summed E-state index contributed by atoms with van der Waals surface area (Å²) in [5.74, 6) is 0.902. The molecule has 0 spiro atoms. The molecule has 116 valence electrons. The number of thiazole rings is 1. The van der Waals surface area contributed by atoms with E-state index in [1.807, 2.05) is 30.3 Å². The number of aromatic nitrogens is 1. The lowest BCUT2D eigenvalue weighted by molar-refractivity contribution is 0.323. The summed E-state index contributed by atoms with van der Waals surface area (Å²) < 4.78 is 5.64. The molecule has 1 aliphatic heterocycles. The molecule has 2 aromatic carbocycles. The number of halogens is 1. The second-order valence-corrected chi connectivity index (χ2v) is 7.00. The van der Waals surface area contributed by atoms with E-state index in [9.17, 15) is 0 Å². The van der Waals surface area contributed by atoms with Crippen LogP contribution in [0.3, 0.4) is 0 Å². The molecule has 23 heavy (non-hydrogen) atoms. The van der Waals surface area contributed by atoms with Crippen molar-refractivity contribution in [2.75, 3.05) is 18.5 Å². The third-order valence-corrected chi connectivity index (χ3v) is 5.16. The highest BCUT2D eigenvalue weighted by molar-refractivity contribution is 7.15. The summed E-state index contributed by atoms with van der Waals surface area (Å²) >= 11 is 7.97. The second kappa shape index (κ2) is 5.87. The normalized spacial score (nSPS) is 13.1. The lowest BCUT2D eigenvalue weighted by atomic mass is 10.1. The van der Waals surface area contributed by atoms with Crippen LogP contribution in [-0.4, -0.2) is 18.1 Å². The van der Waals surface area contributed by atoms with Crippen molar-refractivity contribution in [2.45, 2.75) is 6.92 Å². The number of rotatable bonds is 2. The lowest BCUT2D eigenvalue weighted by Gasteiger charge is -2.19. The summed E-state index contributed by atoms with van der Waals surface area (Å²) in [4.78, 5) is 6.00. The average Bonchev–Trinajstić information content (AvgIpc) is 2.96. The summed E-state index contributed by atoms with van der Waals surface area (Å²) in [6, 6.07) is 14.0. The van der Waals surface area contributed by atoms with E-state index < -0.39 is 0 Å². The van der Waals surface area contributed by atoms with Gasteiger partial charge in [-0.2, -0.15) is 0 Å². The Morgan fingerprint density at radius 2 is 2.09 bits per heavy atom. The zero-order chi connectivity index (χ0) is 15.8. The standard InChI is InChI=1S/C18H15ClN2OS/c1-11-17(12-6-7-16-15(10-12)20-8-9-22-16)21-18(23-11)13-4-2-3-5-14(13)19/h2-7,10,20H,8-9H2,1H3. The first-order valence-electron chi connectivity index (χ1n) is 7.46. The van der Waals surface area contributed by atoms with Gasteiger partial charge in [0.25, 0.3) is 0 Å². The van der Waals surface area contributed by atoms with Crippen molar-refractivity contribution >= 4 is 28.6 Å². The van der Waals surface area contributed by atoms with Gasteiger partial charge in [-0.1, -0.05) is 29.8 Å². The Morgan fingerprint density at radius 3 is 2.96 bits per heavy atom. The number of anilines is 1. The van der Waals surface area contributed by atoms with Gasteiger partial charge in [-0.25, -0.2) is 4.98 Å². The quantitative estimate of drug-likeness (QED) is 0.691. The fourth-order valence-electron chi connectivity index (χ4n) is 2.70. The molecule has 0 amide bonds. The first-order valence-corrected chi connectivity index (χ1v) is 8.65. The Hall–Kier alpha value is -2.04. The molecule has 0 bridgehead atoms. The number of hydrogen-bond donors (Lipinski definition) is 1. The van der Waals surface area contributed by atoms with Crippen LogP contribution in [0.2, 0.25) is 5.02 Å². The Labute approximate surface area is 143 Å². The number of ether oxygens (including phenoxy) is 1. The van der Waals surface area contributed by atoms with Crippen LogP contribution in [0.4, 0.5) is 5.69 Å². The Bertz CT molecular complexity index is 875. The molecule has 0 aliphatic carbocycles. The highest BCUT2D eigenvalue weighted by Gasteiger charge is 2.16. The minimum Gasteiger partial charge on any atom is -0.490 e. The molecule has 3 aromatic rings. The van der Waals surface area contributed by atoms with Gasteiger partial charge in [0, 0.05) is 22.5 Å². The van der Waals surface area contributed by atoms with E-state index in [1.54, 1.807) is 11.3 Å². The molecule has 1 aromatic heterocycles. The molecule has 0 saturated carbocycles. The number of fused-ring (bicyclic) bond motifs is 1. The number of benzene rings is 2. The SMILES string of the molecule is Cc1sc(-c2ccccc2Cl)nc1-c1ccc2c(c1)NCCO2. The van der Waals surface area contributed by atoms with E-state index in [0.717, 1.165) is 44.8 Å². The monoisotopic (exact) mass is 342 g/mol. The van der Waals surface area contributed by atoms with Crippen LogP contribution >= 0.6 is 22.9 Å². The molecule has 5 heteroatoms. The second-order valence-electron chi connectivity index (χ2n) is 5.39. The number of hydrogen-bond acceptors (Lipinski definition) is 4. The third-order valence-electron chi connectivity index (χ3n) is 3.83. The van der Waals surface area contributed by atoms with Crippen LogP contribution in [0, 0.1) is 6.92 Å². The maximum Gasteiger partial charge on any atom is 0.142 e. The van der Waals surface area contributed by atoms with E-state index in [0.29, 0.717) is 6.61 Å². The van der Waals surface area contributed by atoms with Gasteiger partial charge in [0.15, 0.2) is 0 Å². The Balaban J connectivity index is 1.77. The number of nitrogens with one attached hydrogen (secondary N) is 1. The molecule has 0 saturated heterocycles. The van der Waals surface area contributed by atoms with Crippen LogP contribution in [0.25, 0.3) is 21.8 Å². The minimum atomic E-state index is 0.707. The maximum atomic E-state index is 6.30. The van der Waals surface area contributed by atoms with Crippen LogP contribution < -0.4 is 10.1 Å². The average molecular weight is 343 g/mol. The van der Waals surface area contributed by atoms with Gasteiger partial charge >= 0.3 is 0 Å². The van der Waals surface area contributed by atoms with Crippen molar-refractivity contribution in [1.29, 1.82) is 0 Å². The van der Waals surface area contributed by atoms with Gasteiger partial charge in [0.2, 0.25) is 0 Å². The van der Waals surface area contributed by atoms with E-state index in [-0.39, 0.29) is 0 Å². The van der Waals surface area contributed by atoms with Crippen molar-refractivity contribution in [3.8, 4) is 27.6 Å². The molecule has 1 N–H and O–H groups in total. The summed E-state index contributed by atoms with van der Waals surface area (Å²) in [5.41, 5.74) is 4.10. The van der Waals surface area contributed by atoms with Crippen molar-refractivity contribution in [3.05, 3.63) is 52.4 Å². The van der Waals surface area contributed by atoms with Gasteiger partial charge in [-0.3, -0.25) is 0 Å². The van der Waals surface area contributed by atoms with Crippen LogP contribution in [0.15, 0.2) is 42.5 Å². The predicted molar refractivity (Wildman–Crippen MR) is 96.7 cm³/mol. The van der Waals surface area contributed by atoms with Crippen molar-refractivity contribution in [2.24, 2.45) is 0 Å². The lowest BCUT2D eigenvalue weighted by Crippen LogP contribution is -2.17.